The summed E-state index contributed by atoms with van der Waals surface area (Å²) in [7, 11) is 0. The Kier molecular flexibility index (Phi) is 51.3. The van der Waals surface area contributed by atoms with Gasteiger partial charge in [-0.3, -0.25) is 4.79 Å². The van der Waals surface area contributed by atoms with Gasteiger partial charge in [0.25, 0.3) is 0 Å². The van der Waals surface area contributed by atoms with Crippen LogP contribution in [0.4, 0.5) is 0 Å². The lowest BCUT2D eigenvalue weighted by Crippen LogP contribution is -2.53. The maximum absolute atomic E-state index is 12.6. The number of aliphatic hydroxyl groups excluding tert-OH is 4. The Morgan fingerprint density at radius 2 is 0.692 bits per heavy atom. The second-order valence-corrected chi connectivity index (χ2v) is 19.3. The zero-order valence-electron chi connectivity index (χ0n) is 43.0. The van der Waals surface area contributed by atoms with Crippen molar-refractivity contribution in [3.05, 3.63) is 60.8 Å². The molecule has 380 valence electrons. The quantitative estimate of drug-likeness (QED) is 0.0308. The van der Waals surface area contributed by atoms with Gasteiger partial charge >= 0.3 is 0 Å². The molecule has 1 amide bonds. The van der Waals surface area contributed by atoms with Crippen LogP contribution in [0.25, 0.3) is 0 Å². The largest absolute Gasteiger partial charge is 0.394 e. The van der Waals surface area contributed by atoms with Gasteiger partial charge in [0.15, 0.2) is 0 Å². The van der Waals surface area contributed by atoms with Crippen molar-refractivity contribution >= 4 is 5.91 Å². The summed E-state index contributed by atoms with van der Waals surface area (Å²) in [5.74, 6) is -0.599. The fourth-order valence-corrected chi connectivity index (χ4v) is 8.47. The van der Waals surface area contributed by atoms with Crippen molar-refractivity contribution < 1.29 is 25.2 Å². The van der Waals surface area contributed by atoms with Crippen molar-refractivity contribution in [1.82, 2.24) is 5.32 Å². The molecule has 0 aromatic heterocycles. The third-order valence-corrected chi connectivity index (χ3v) is 12.9. The summed E-state index contributed by atoms with van der Waals surface area (Å²) in [6, 6.07) is -1.01. The summed E-state index contributed by atoms with van der Waals surface area (Å²) >= 11 is 0. The number of amides is 1. The highest BCUT2D eigenvalue weighted by Gasteiger charge is 2.28. The number of carbonyl (C=O) groups excluding carboxylic acids is 1. The van der Waals surface area contributed by atoms with Crippen LogP contribution in [-0.4, -0.2) is 57.3 Å². The molecule has 0 aliphatic carbocycles. The molecule has 0 bridgehead atoms. The molecule has 0 saturated heterocycles. The number of allylic oxidation sites excluding steroid dienone is 10. The highest BCUT2D eigenvalue weighted by atomic mass is 16.3. The molecule has 65 heavy (non-hydrogen) atoms. The maximum atomic E-state index is 12.6. The van der Waals surface area contributed by atoms with Crippen molar-refractivity contribution in [1.29, 1.82) is 0 Å². The average Bonchev–Trinajstić information content (AvgIpc) is 3.31. The van der Waals surface area contributed by atoms with E-state index in [0.717, 1.165) is 57.8 Å². The van der Waals surface area contributed by atoms with Gasteiger partial charge in [0, 0.05) is 0 Å². The predicted molar refractivity (Wildman–Crippen MR) is 283 cm³/mol. The molecule has 0 aliphatic heterocycles. The minimum atomic E-state index is -1.30. The van der Waals surface area contributed by atoms with Crippen LogP contribution in [0.3, 0.4) is 0 Å². The van der Waals surface area contributed by atoms with Gasteiger partial charge in [-0.1, -0.05) is 242 Å². The van der Waals surface area contributed by atoms with E-state index < -0.39 is 36.9 Å². The van der Waals surface area contributed by atoms with E-state index in [2.05, 4.69) is 79.9 Å². The van der Waals surface area contributed by atoms with Crippen LogP contribution < -0.4 is 5.32 Å². The van der Waals surface area contributed by atoms with Crippen molar-refractivity contribution in [3.63, 3.8) is 0 Å². The molecule has 6 heteroatoms. The van der Waals surface area contributed by atoms with E-state index in [9.17, 15) is 25.2 Å². The molecule has 0 radical (unpaired) electrons. The van der Waals surface area contributed by atoms with Crippen molar-refractivity contribution in [2.45, 2.75) is 301 Å². The smallest absolute Gasteiger partial charge is 0.249 e. The molecule has 0 rings (SSSR count). The molecule has 0 aromatic carbocycles. The fourth-order valence-electron chi connectivity index (χ4n) is 8.47. The third-order valence-electron chi connectivity index (χ3n) is 12.9. The van der Waals surface area contributed by atoms with Gasteiger partial charge in [0.2, 0.25) is 5.91 Å². The summed E-state index contributed by atoms with van der Waals surface area (Å²) in [6.45, 7) is 4.04. The molecule has 0 aromatic rings. The first-order chi connectivity index (χ1) is 32.0. The summed E-state index contributed by atoms with van der Waals surface area (Å²) in [5.41, 5.74) is 0. The zero-order valence-corrected chi connectivity index (χ0v) is 43.0. The molecule has 4 unspecified atom stereocenters. The third kappa shape index (κ3) is 46.9. The van der Waals surface area contributed by atoms with Gasteiger partial charge in [-0.15, -0.1) is 0 Å². The number of aliphatic hydroxyl groups is 4. The van der Waals surface area contributed by atoms with Gasteiger partial charge in [-0.05, 0) is 96.3 Å². The lowest BCUT2D eigenvalue weighted by Gasteiger charge is -2.27. The standard InChI is InChI=1S/C59H109NO5/c1-3-5-7-9-11-13-15-17-19-21-23-24-25-26-27-28-29-30-31-32-33-35-37-39-41-43-45-47-49-51-53-57(63)59(65)60-55(54-61)58(64)56(62)52-50-48-46-44-42-40-38-36-34-22-20-18-16-14-12-10-8-6-4-2/h18,20,23-24,26-27,36,38,44,46,55-58,61-64H,3-17,19,21-22,25,28-35,37,39-43,45,47-54H2,1-2H3,(H,60,65)/b20-18+,24-23-,27-26-,38-36+,46-44+. The second kappa shape index (κ2) is 53.0. The van der Waals surface area contributed by atoms with E-state index in [-0.39, 0.29) is 0 Å². The topological polar surface area (TPSA) is 110 Å². The monoisotopic (exact) mass is 912 g/mol. The molecule has 4 atom stereocenters. The van der Waals surface area contributed by atoms with Crippen molar-refractivity contribution in [3.8, 4) is 0 Å². The second-order valence-electron chi connectivity index (χ2n) is 19.3. The van der Waals surface area contributed by atoms with Crippen molar-refractivity contribution in [2.75, 3.05) is 6.61 Å². The highest BCUT2D eigenvalue weighted by Crippen LogP contribution is 2.16. The van der Waals surface area contributed by atoms with Crippen LogP contribution in [-0.2, 0) is 4.79 Å². The Morgan fingerprint density at radius 1 is 0.385 bits per heavy atom. The first kappa shape index (κ1) is 63.0. The van der Waals surface area contributed by atoms with Crippen LogP contribution in [0.2, 0.25) is 0 Å². The lowest BCUT2D eigenvalue weighted by molar-refractivity contribution is -0.132. The SMILES string of the molecule is CCCCCCCC/C=C/CC/C=C/CC/C=C/CCCC(O)C(O)C(CO)NC(=O)C(O)CCCCCCCCCCCCCCCC/C=C\C/C=C\CCCCCCCCCCC. The molecule has 0 aliphatic rings. The first-order valence-corrected chi connectivity index (χ1v) is 28.2. The Labute approximate surface area is 403 Å². The molecule has 0 saturated carbocycles. The van der Waals surface area contributed by atoms with Crippen LogP contribution in [0.1, 0.15) is 277 Å². The van der Waals surface area contributed by atoms with Gasteiger partial charge in [-0.2, -0.15) is 0 Å². The minimum absolute atomic E-state index is 0.356. The highest BCUT2D eigenvalue weighted by molar-refractivity contribution is 5.80. The normalized spacial score (nSPS) is 14.2. The number of unbranched alkanes of at least 4 members (excludes halogenated alkanes) is 32. The van der Waals surface area contributed by atoms with Crippen LogP contribution in [0, 0.1) is 0 Å². The number of carbonyl (C=O) groups is 1. The van der Waals surface area contributed by atoms with Gasteiger partial charge in [0.1, 0.15) is 12.2 Å². The van der Waals surface area contributed by atoms with Gasteiger partial charge in [0.05, 0.1) is 18.8 Å². The first-order valence-electron chi connectivity index (χ1n) is 28.2. The summed E-state index contributed by atoms with van der Waals surface area (Å²) in [5, 5.41) is 43.9. The number of nitrogens with one attached hydrogen (secondary N) is 1. The number of rotatable bonds is 51. The van der Waals surface area contributed by atoms with Crippen LogP contribution in [0.15, 0.2) is 60.8 Å². The lowest BCUT2D eigenvalue weighted by atomic mass is 10.00. The van der Waals surface area contributed by atoms with E-state index in [0.29, 0.717) is 19.3 Å². The van der Waals surface area contributed by atoms with E-state index in [4.69, 9.17) is 0 Å². The van der Waals surface area contributed by atoms with Crippen molar-refractivity contribution in [2.24, 2.45) is 0 Å². The molecule has 5 N–H and O–H groups in total. The van der Waals surface area contributed by atoms with E-state index >= 15 is 0 Å². The number of hydrogen-bond donors (Lipinski definition) is 5. The summed E-state index contributed by atoms with van der Waals surface area (Å²) in [6.07, 6.45) is 68.6. The summed E-state index contributed by atoms with van der Waals surface area (Å²) in [4.78, 5) is 12.6. The Morgan fingerprint density at radius 3 is 1.06 bits per heavy atom. The fraction of sp³-hybridized carbons (Fsp3) is 0.814. The molecule has 0 fully saturated rings. The summed E-state index contributed by atoms with van der Waals surface area (Å²) < 4.78 is 0. The molecule has 6 nitrogen and oxygen atoms in total. The van der Waals surface area contributed by atoms with Gasteiger partial charge in [-0.25, -0.2) is 0 Å². The molecular formula is C59H109NO5. The predicted octanol–water partition coefficient (Wildman–Crippen LogP) is 16.4. The molecular weight excluding hydrogens is 803 g/mol. The number of hydrogen-bond acceptors (Lipinski definition) is 5. The Balaban J connectivity index is 3.68. The van der Waals surface area contributed by atoms with Crippen LogP contribution >= 0.6 is 0 Å². The Bertz CT molecular complexity index is 1110. The van der Waals surface area contributed by atoms with E-state index in [1.54, 1.807) is 0 Å². The average molecular weight is 913 g/mol. The minimum Gasteiger partial charge on any atom is -0.394 e. The zero-order chi connectivity index (χ0) is 47.4. The van der Waals surface area contributed by atoms with E-state index in [1.807, 2.05) is 0 Å². The van der Waals surface area contributed by atoms with Gasteiger partial charge < -0.3 is 25.7 Å². The molecule has 0 heterocycles. The molecule has 0 spiro atoms. The van der Waals surface area contributed by atoms with E-state index in [1.165, 1.54) is 186 Å². The van der Waals surface area contributed by atoms with Crippen LogP contribution in [0.5, 0.6) is 0 Å². The maximum Gasteiger partial charge on any atom is 0.249 e. The Hall–Kier alpha value is -1.99.